The van der Waals surface area contributed by atoms with Gasteiger partial charge in [-0.3, -0.25) is 4.21 Å². The van der Waals surface area contributed by atoms with Crippen molar-refractivity contribution in [3.05, 3.63) is 39.7 Å². The van der Waals surface area contributed by atoms with E-state index in [4.69, 9.17) is 5.26 Å². The minimum absolute atomic E-state index is 0.294. The van der Waals surface area contributed by atoms with Gasteiger partial charge in [-0.25, -0.2) is 0 Å². The summed E-state index contributed by atoms with van der Waals surface area (Å²) in [6.07, 6.45) is 0.294. The number of hydrogen-bond acceptors (Lipinski definition) is 5. The van der Waals surface area contributed by atoms with Gasteiger partial charge in [-0.1, -0.05) is 17.8 Å². The standard InChI is InChI=1S/C12H9BrN2O2S3/c13-11-3-4-12(19-11)18-10-7-8(5-6-14)1-2-9(10)15-20(16)17/h1-4,7,15H,5H2,(H,16,17)/p-1. The SMILES string of the molecule is N#CCc1ccc(NS(=O)[O-])c(Sc2ccc(Br)s2)c1. The lowest BCUT2D eigenvalue weighted by atomic mass is 10.1. The lowest BCUT2D eigenvalue weighted by molar-refractivity contribution is 0.542. The first-order valence-corrected chi connectivity index (χ1v) is 8.87. The van der Waals surface area contributed by atoms with Gasteiger partial charge in [-0.15, -0.1) is 11.3 Å². The quantitative estimate of drug-likeness (QED) is 0.788. The highest BCUT2D eigenvalue weighted by atomic mass is 79.9. The zero-order valence-corrected chi connectivity index (χ0v) is 14.0. The van der Waals surface area contributed by atoms with Crippen LogP contribution < -0.4 is 4.72 Å². The number of thiophene rings is 1. The van der Waals surface area contributed by atoms with E-state index in [0.717, 1.165) is 18.5 Å². The molecule has 0 aliphatic heterocycles. The van der Waals surface area contributed by atoms with Crippen molar-refractivity contribution in [2.75, 3.05) is 4.72 Å². The van der Waals surface area contributed by atoms with E-state index in [-0.39, 0.29) is 0 Å². The second-order valence-corrected chi connectivity index (χ2v) is 8.14. The van der Waals surface area contributed by atoms with Crippen LogP contribution in [-0.2, 0) is 17.7 Å². The van der Waals surface area contributed by atoms with Crippen molar-refractivity contribution in [1.29, 1.82) is 5.26 Å². The van der Waals surface area contributed by atoms with Gasteiger partial charge in [0.2, 0.25) is 0 Å². The van der Waals surface area contributed by atoms with Crippen LogP contribution in [0.4, 0.5) is 5.69 Å². The summed E-state index contributed by atoms with van der Waals surface area (Å²) in [5.74, 6) is 0. The van der Waals surface area contributed by atoms with Gasteiger partial charge >= 0.3 is 0 Å². The summed E-state index contributed by atoms with van der Waals surface area (Å²) in [6, 6.07) is 11.2. The molecule has 1 N–H and O–H groups in total. The van der Waals surface area contributed by atoms with Gasteiger partial charge in [0.1, 0.15) is 0 Å². The summed E-state index contributed by atoms with van der Waals surface area (Å²) in [4.78, 5) is 0.774. The first-order valence-electron chi connectivity index (χ1n) is 5.37. The molecule has 0 aliphatic carbocycles. The number of nitrogens with one attached hydrogen (secondary N) is 1. The summed E-state index contributed by atoms with van der Waals surface area (Å²) < 4.78 is 26.0. The molecule has 0 saturated carbocycles. The first kappa shape index (κ1) is 15.5. The normalized spacial score (nSPS) is 11.8. The molecular weight excluding hydrogens is 380 g/mol. The van der Waals surface area contributed by atoms with Gasteiger partial charge in [0.25, 0.3) is 0 Å². The number of nitrogens with zero attached hydrogens (tertiary/aromatic N) is 1. The summed E-state index contributed by atoms with van der Waals surface area (Å²) >= 11 is 4.04. The molecule has 20 heavy (non-hydrogen) atoms. The Morgan fingerprint density at radius 2 is 2.25 bits per heavy atom. The van der Waals surface area contributed by atoms with Crippen LogP contribution in [0.25, 0.3) is 0 Å². The van der Waals surface area contributed by atoms with Gasteiger partial charge in [-0.05, 0) is 45.8 Å². The molecule has 1 aromatic carbocycles. The Labute approximate surface area is 135 Å². The first-order chi connectivity index (χ1) is 9.58. The Hall–Kier alpha value is -0.850. The summed E-state index contributed by atoms with van der Waals surface area (Å²) in [7, 11) is 0. The Kier molecular flexibility index (Phi) is 5.63. The monoisotopic (exact) mass is 387 g/mol. The Balaban J connectivity index is 2.32. The van der Waals surface area contributed by atoms with Crippen molar-refractivity contribution >= 4 is 56.0 Å². The average molecular weight is 388 g/mol. The number of rotatable bonds is 5. The maximum atomic E-state index is 10.8. The molecule has 0 bridgehead atoms. The van der Waals surface area contributed by atoms with Gasteiger partial charge in [-0.2, -0.15) is 5.26 Å². The molecule has 2 aromatic rings. The number of anilines is 1. The van der Waals surface area contributed by atoms with Crippen molar-refractivity contribution in [3.63, 3.8) is 0 Å². The van der Waals surface area contributed by atoms with Crippen LogP contribution in [0.2, 0.25) is 0 Å². The molecule has 4 nitrogen and oxygen atoms in total. The third kappa shape index (κ3) is 4.33. The van der Waals surface area contributed by atoms with E-state index in [1.54, 1.807) is 23.5 Å². The number of benzene rings is 1. The lowest BCUT2D eigenvalue weighted by Gasteiger charge is -2.13. The number of hydrogen-bond donors (Lipinski definition) is 1. The van der Waals surface area contributed by atoms with Crippen LogP contribution in [0.5, 0.6) is 0 Å². The molecule has 0 spiro atoms. The molecule has 8 heteroatoms. The van der Waals surface area contributed by atoms with E-state index in [0.29, 0.717) is 12.1 Å². The number of halogens is 1. The molecule has 0 amide bonds. The van der Waals surface area contributed by atoms with E-state index < -0.39 is 11.3 Å². The second kappa shape index (κ2) is 7.24. The van der Waals surface area contributed by atoms with Crippen LogP contribution in [0, 0.1) is 11.3 Å². The van der Waals surface area contributed by atoms with E-state index >= 15 is 0 Å². The van der Waals surface area contributed by atoms with E-state index in [1.165, 1.54) is 11.8 Å². The molecule has 0 aliphatic rings. The summed E-state index contributed by atoms with van der Waals surface area (Å²) in [6.45, 7) is 0. The average Bonchev–Trinajstić information content (AvgIpc) is 2.78. The molecule has 1 unspecified atom stereocenters. The van der Waals surface area contributed by atoms with E-state index in [2.05, 4.69) is 26.7 Å². The van der Waals surface area contributed by atoms with Crippen molar-refractivity contribution in [1.82, 2.24) is 0 Å². The minimum Gasteiger partial charge on any atom is -0.755 e. The molecule has 104 valence electrons. The fourth-order valence-electron chi connectivity index (χ4n) is 1.49. The molecule has 0 fully saturated rings. The van der Waals surface area contributed by atoms with Crippen LogP contribution in [0.15, 0.2) is 43.2 Å². The smallest absolute Gasteiger partial charge is 0.0710 e. The topological polar surface area (TPSA) is 76.0 Å². The largest absolute Gasteiger partial charge is 0.755 e. The highest BCUT2D eigenvalue weighted by molar-refractivity contribution is 9.11. The fourth-order valence-corrected chi connectivity index (χ4v) is 4.85. The van der Waals surface area contributed by atoms with Crippen LogP contribution in [0.1, 0.15) is 5.56 Å². The molecule has 1 heterocycles. The molecular formula is C12H8BrN2O2S3-. The van der Waals surface area contributed by atoms with E-state index in [1.807, 2.05) is 18.2 Å². The predicted molar refractivity (Wildman–Crippen MR) is 84.4 cm³/mol. The Bertz CT molecular complexity index is 682. The van der Waals surface area contributed by atoms with Gasteiger partial charge in [0.15, 0.2) is 0 Å². The van der Waals surface area contributed by atoms with Gasteiger partial charge in [0, 0.05) is 16.2 Å². The zero-order chi connectivity index (χ0) is 14.5. The predicted octanol–water partition coefficient (Wildman–Crippen LogP) is 3.93. The Morgan fingerprint density at radius 3 is 2.85 bits per heavy atom. The van der Waals surface area contributed by atoms with Crippen LogP contribution in [-0.4, -0.2) is 8.76 Å². The molecule has 0 radical (unpaired) electrons. The van der Waals surface area contributed by atoms with Gasteiger partial charge < -0.3 is 9.27 Å². The third-order valence-electron chi connectivity index (χ3n) is 2.28. The van der Waals surface area contributed by atoms with Crippen LogP contribution in [0.3, 0.4) is 0 Å². The Morgan fingerprint density at radius 1 is 1.45 bits per heavy atom. The van der Waals surface area contributed by atoms with E-state index in [9.17, 15) is 8.76 Å². The second-order valence-electron chi connectivity index (χ2n) is 3.66. The molecule has 1 atom stereocenters. The third-order valence-corrected chi connectivity index (χ3v) is 5.48. The number of nitriles is 1. The zero-order valence-electron chi connectivity index (χ0n) is 9.96. The fraction of sp³-hybridized carbons (Fsp3) is 0.0833. The maximum Gasteiger partial charge on any atom is 0.0710 e. The van der Waals surface area contributed by atoms with Crippen molar-refractivity contribution in [3.8, 4) is 6.07 Å². The highest BCUT2D eigenvalue weighted by Crippen LogP contribution is 2.39. The van der Waals surface area contributed by atoms with Gasteiger partial charge in [0.05, 0.1) is 26.2 Å². The van der Waals surface area contributed by atoms with Crippen LogP contribution >= 0.6 is 39.0 Å². The maximum absolute atomic E-state index is 10.8. The van der Waals surface area contributed by atoms with Crippen molar-refractivity contribution in [2.24, 2.45) is 0 Å². The lowest BCUT2D eigenvalue weighted by Crippen LogP contribution is -2.03. The van der Waals surface area contributed by atoms with Crippen molar-refractivity contribution < 1.29 is 8.76 Å². The summed E-state index contributed by atoms with van der Waals surface area (Å²) in [5.41, 5.74) is 1.36. The minimum atomic E-state index is -2.37. The molecule has 0 saturated heterocycles. The molecule has 2 rings (SSSR count). The van der Waals surface area contributed by atoms with Crippen molar-refractivity contribution in [2.45, 2.75) is 15.5 Å². The highest BCUT2D eigenvalue weighted by Gasteiger charge is 2.08. The molecule has 1 aromatic heterocycles. The summed E-state index contributed by atoms with van der Waals surface area (Å²) in [5, 5.41) is 8.74.